The molecule has 0 spiro atoms. The average Bonchev–Trinajstić information content (AvgIpc) is 2.92. The molecule has 1 heterocycles. The first kappa shape index (κ1) is 14.4. The van der Waals surface area contributed by atoms with Gasteiger partial charge in [0.1, 0.15) is 11.9 Å². The SMILES string of the molecule is CCn1cnnc1CNc1ccc([N+](=O)[O-])c(C(=O)O)c1. The normalized spacial score (nSPS) is 10.3. The first-order valence-electron chi connectivity index (χ1n) is 6.15. The van der Waals surface area contributed by atoms with E-state index in [4.69, 9.17) is 5.11 Å². The first-order valence-corrected chi connectivity index (χ1v) is 6.15. The van der Waals surface area contributed by atoms with Crippen LogP contribution in [0.15, 0.2) is 24.5 Å². The molecule has 0 aliphatic heterocycles. The Morgan fingerprint density at radius 1 is 1.52 bits per heavy atom. The standard InChI is InChI=1S/C12H13N5O4/c1-2-16-7-14-15-11(16)6-13-8-3-4-10(17(20)21)9(5-8)12(18)19/h3-5,7,13H,2,6H2,1H3,(H,18,19). The molecule has 9 heteroatoms. The smallest absolute Gasteiger partial charge is 0.342 e. The molecule has 0 saturated heterocycles. The lowest BCUT2D eigenvalue weighted by atomic mass is 10.1. The van der Waals surface area contributed by atoms with Crippen LogP contribution in [0.3, 0.4) is 0 Å². The van der Waals surface area contributed by atoms with E-state index < -0.39 is 16.6 Å². The van der Waals surface area contributed by atoms with Crippen molar-refractivity contribution in [2.45, 2.75) is 20.0 Å². The summed E-state index contributed by atoms with van der Waals surface area (Å²) >= 11 is 0. The zero-order valence-corrected chi connectivity index (χ0v) is 11.2. The maximum absolute atomic E-state index is 11.1. The summed E-state index contributed by atoms with van der Waals surface area (Å²) in [6.45, 7) is 3.00. The van der Waals surface area contributed by atoms with Crippen molar-refractivity contribution in [2.24, 2.45) is 0 Å². The van der Waals surface area contributed by atoms with Crippen LogP contribution < -0.4 is 5.32 Å². The van der Waals surface area contributed by atoms with Crippen LogP contribution in [0, 0.1) is 10.1 Å². The Kier molecular flexibility index (Phi) is 4.12. The van der Waals surface area contributed by atoms with Gasteiger partial charge in [-0.05, 0) is 19.1 Å². The number of aryl methyl sites for hydroxylation is 1. The third-order valence-electron chi connectivity index (χ3n) is 2.91. The molecule has 9 nitrogen and oxygen atoms in total. The number of nitro benzene ring substituents is 1. The van der Waals surface area contributed by atoms with Crippen LogP contribution in [0.25, 0.3) is 0 Å². The molecule has 2 aromatic rings. The van der Waals surface area contributed by atoms with Gasteiger partial charge in [0.15, 0.2) is 5.82 Å². The monoisotopic (exact) mass is 291 g/mol. The van der Waals surface area contributed by atoms with Crippen LogP contribution in [0.5, 0.6) is 0 Å². The maximum Gasteiger partial charge on any atom is 0.342 e. The van der Waals surface area contributed by atoms with Crippen molar-refractivity contribution in [3.8, 4) is 0 Å². The Labute approximate surface area is 119 Å². The molecule has 0 atom stereocenters. The van der Waals surface area contributed by atoms with Crippen LogP contribution in [0.4, 0.5) is 11.4 Å². The van der Waals surface area contributed by atoms with Crippen molar-refractivity contribution in [3.05, 3.63) is 46.0 Å². The Morgan fingerprint density at radius 3 is 2.90 bits per heavy atom. The highest BCUT2D eigenvalue weighted by Gasteiger charge is 2.19. The molecule has 21 heavy (non-hydrogen) atoms. The van der Waals surface area contributed by atoms with Gasteiger partial charge in [-0.1, -0.05) is 0 Å². The van der Waals surface area contributed by atoms with Gasteiger partial charge in [-0.2, -0.15) is 0 Å². The number of hydrogen-bond donors (Lipinski definition) is 2. The summed E-state index contributed by atoms with van der Waals surface area (Å²) in [5, 5.41) is 30.5. The zero-order valence-electron chi connectivity index (χ0n) is 11.2. The number of carbonyl (C=O) groups is 1. The number of anilines is 1. The van der Waals surface area contributed by atoms with E-state index >= 15 is 0 Å². The lowest BCUT2D eigenvalue weighted by molar-refractivity contribution is -0.385. The van der Waals surface area contributed by atoms with Crippen LogP contribution in [0.2, 0.25) is 0 Å². The van der Waals surface area contributed by atoms with E-state index in [1.165, 1.54) is 12.1 Å². The zero-order chi connectivity index (χ0) is 15.4. The first-order chi connectivity index (χ1) is 10.0. The van der Waals surface area contributed by atoms with Gasteiger partial charge in [-0.3, -0.25) is 10.1 Å². The van der Waals surface area contributed by atoms with Gasteiger partial charge in [0.25, 0.3) is 5.69 Å². The summed E-state index contributed by atoms with van der Waals surface area (Å²) in [6.07, 6.45) is 1.59. The Bertz CT molecular complexity index is 682. The fourth-order valence-electron chi connectivity index (χ4n) is 1.84. The molecule has 1 aromatic carbocycles. The van der Waals surface area contributed by atoms with Gasteiger partial charge >= 0.3 is 5.97 Å². The number of benzene rings is 1. The third kappa shape index (κ3) is 3.14. The molecule has 0 radical (unpaired) electrons. The molecule has 0 saturated carbocycles. The van der Waals surface area contributed by atoms with E-state index in [2.05, 4.69) is 15.5 Å². The van der Waals surface area contributed by atoms with Gasteiger partial charge in [0.2, 0.25) is 0 Å². The van der Waals surface area contributed by atoms with Gasteiger partial charge < -0.3 is 15.0 Å². The maximum atomic E-state index is 11.1. The molecule has 0 amide bonds. The summed E-state index contributed by atoms with van der Waals surface area (Å²) in [5.74, 6) is -0.658. The second-order valence-corrected chi connectivity index (χ2v) is 4.18. The second-order valence-electron chi connectivity index (χ2n) is 4.18. The molecule has 2 N–H and O–H groups in total. The average molecular weight is 291 g/mol. The minimum atomic E-state index is -1.35. The fraction of sp³-hybridized carbons (Fsp3) is 0.250. The molecule has 2 rings (SSSR count). The molecular formula is C12H13N5O4. The van der Waals surface area contributed by atoms with E-state index in [0.29, 0.717) is 24.6 Å². The van der Waals surface area contributed by atoms with Gasteiger partial charge in [0.05, 0.1) is 11.5 Å². The predicted octanol–water partition coefficient (Wildman–Crippen LogP) is 1.52. The number of aromatic carboxylic acids is 1. The van der Waals surface area contributed by atoms with Crippen LogP contribution in [-0.4, -0.2) is 30.8 Å². The minimum absolute atomic E-state index is 0.338. The van der Waals surface area contributed by atoms with E-state index in [0.717, 1.165) is 6.07 Å². The molecular weight excluding hydrogens is 278 g/mol. The summed E-state index contributed by atoms with van der Waals surface area (Å²) in [4.78, 5) is 21.1. The van der Waals surface area contributed by atoms with Crippen molar-refractivity contribution >= 4 is 17.3 Å². The number of nitro groups is 1. The number of aromatic nitrogens is 3. The van der Waals surface area contributed by atoms with Gasteiger partial charge in [-0.25, -0.2) is 4.79 Å². The highest BCUT2D eigenvalue weighted by atomic mass is 16.6. The lowest BCUT2D eigenvalue weighted by Gasteiger charge is -2.08. The topological polar surface area (TPSA) is 123 Å². The number of hydrogen-bond acceptors (Lipinski definition) is 6. The molecule has 0 fully saturated rings. The lowest BCUT2D eigenvalue weighted by Crippen LogP contribution is -2.09. The highest BCUT2D eigenvalue weighted by Crippen LogP contribution is 2.23. The molecule has 0 bridgehead atoms. The minimum Gasteiger partial charge on any atom is -0.477 e. The van der Waals surface area contributed by atoms with Crippen molar-refractivity contribution < 1.29 is 14.8 Å². The molecule has 110 valence electrons. The highest BCUT2D eigenvalue weighted by molar-refractivity contribution is 5.93. The van der Waals surface area contributed by atoms with Crippen LogP contribution in [-0.2, 0) is 13.1 Å². The summed E-state index contributed by atoms with van der Waals surface area (Å²) in [6, 6.07) is 3.85. The molecule has 0 aliphatic rings. The van der Waals surface area contributed by atoms with Crippen molar-refractivity contribution in [1.82, 2.24) is 14.8 Å². The Hall–Kier alpha value is -2.97. The van der Waals surface area contributed by atoms with Crippen molar-refractivity contribution in [1.29, 1.82) is 0 Å². The van der Waals surface area contributed by atoms with E-state index in [-0.39, 0.29) is 5.56 Å². The van der Waals surface area contributed by atoms with Gasteiger partial charge in [-0.15, -0.1) is 10.2 Å². The predicted molar refractivity (Wildman–Crippen MR) is 73.1 cm³/mol. The molecule has 1 aromatic heterocycles. The number of carboxylic acid groups (broad SMARTS) is 1. The van der Waals surface area contributed by atoms with Gasteiger partial charge in [0, 0.05) is 18.3 Å². The van der Waals surface area contributed by atoms with E-state index in [1.807, 2.05) is 11.5 Å². The summed E-state index contributed by atoms with van der Waals surface area (Å²) in [7, 11) is 0. The van der Waals surface area contributed by atoms with Crippen LogP contribution in [0.1, 0.15) is 23.1 Å². The van der Waals surface area contributed by atoms with Crippen molar-refractivity contribution in [2.75, 3.05) is 5.32 Å². The Morgan fingerprint density at radius 2 is 2.29 bits per heavy atom. The van der Waals surface area contributed by atoms with Crippen LogP contribution >= 0.6 is 0 Å². The summed E-state index contributed by atoms with van der Waals surface area (Å²) in [5.41, 5.74) is -0.338. The number of rotatable bonds is 6. The molecule has 0 unspecified atom stereocenters. The van der Waals surface area contributed by atoms with E-state index in [9.17, 15) is 14.9 Å². The van der Waals surface area contributed by atoms with Crippen molar-refractivity contribution in [3.63, 3.8) is 0 Å². The number of nitrogens with one attached hydrogen (secondary N) is 1. The Balaban J connectivity index is 2.19. The molecule has 0 aliphatic carbocycles. The summed E-state index contributed by atoms with van der Waals surface area (Å²) < 4.78 is 1.83. The second kappa shape index (κ2) is 5.99. The fourth-order valence-corrected chi connectivity index (χ4v) is 1.84. The quantitative estimate of drug-likeness (QED) is 0.610. The number of carboxylic acids is 1. The van der Waals surface area contributed by atoms with E-state index in [1.54, 1.807) is 6.33 Å². The third-order valence-corrected chi connectivity index (χ3v) is 2.91. The number of nitrogens with zero attached hydrogens (tertiary/aromatic N) is 4. The largest absolute Gasteiger partial charge is 0.477 e.